The van der Waals surface area contributed by atoms with E-state index in [9.17, 15) is 4.79 Å². The lowest BCUT2D eigenvalue weighted by molar-refractivity contribution is -0.119. The standard InChI is InChI=1S/C22H34N4O2/c1-16-15-21-20(8-14-28-21)22(23-16)26-12-10-25(11-13-26)9-7-18-3-5-19(6-4-18)24-17(2)27/h15,18-19H,3-14H2,1-2H3,(H,24,27). The monoisotopic (exact) mass is 386 g/mol. The Morgan fingerprint density at radius 1 is 1.21 bits per heavy atom. The molecular formula is C22H34N4O2. The van der Waals surface area contributed by atoms with Crippen LogP contribution in [0.2, 0.25) is 0 Å². The predicted octanol–water partition coefficient (Wildman–Crippen LogP) is 2.53. The number of aryl methyl sites for hydroxylation is 1. The molecule has 0 unspecified atom stereocenters. The SMILES string of the molecule is CC(=O)NC1CCC(CCN2CCN(c3nc(C)cc4c3CCO4)CC2)CC1. The molecule has 1 N–H and O–H groups in total. The van der Waals surface area contributed by atoms with Crippen LogP contribution in [0.4, 0.5) is 5.82 Å². The molecule has 154 valence electrons. The van der Waals surface area contributed by atoms with Crippen molar-refractivity contribution in [3.63, 3.8) is 0 Å². The molecule has 1 saturated carbocycles. The van der Waals surface area contributed by atoms with E-state index in [0.717, 1.165) is 75.2 Å². The minimum Gasteiger partial charge on any atom is -0.493 e. The zero-order chi connectivity index (χ0) is 19.5. The summed E-state index contributed by atoms with van der Waals surface area (Å²) in [5.41, 5.74) is 2.35. The largest absolute Gasteiger partial charge is 0.493 e. The van der Waals surface area contributed by atoms with Crippen LogP contribution in [-0.2, 0) is 11.2 Å². The molecule has 1 aromatic rings. The van der Waals surface area contributed by atoms with Crippen LogP contribution in [0.15, 0.2) is 6.07 Å². The van der Waals surface area contributed by atoms with Gasteiger partial charge in [-0.2, -0.15) is 0 Å². The van der Waals surface area contributed by atoms with Crippen molar-refractivity contribution in [2.45, 2.75) is 58.4 Å². The molecule has 6 nitrogen and oxygen atoms in total. The smallest absolute Gasteiger partial charge is 0.217 e. The van der Waals surface area contributed by atoms with Crippen LogP contribution in [0.3, 0.4) is 0 Å². The minimum atomic E-state index is 0.113. The Balaban J connectivity index is 1.22. The molecule has 0 bridgehead atoms. The fourth-order valence-corrected chi connectivity index (χ4v) is 4.97. The normalized spacial score (nSPS) is 25.3. The average molecular weight is 387 g/mol. The lowest BCUT2D eigenvalue weighted by atomic mass is 9.84. The maximum atomic E-state index is 11.2. The Morgan fingerprint density at radius 2 is 1.96 bits per heavy atom. The number of pyridine rings is 1. The van der Waals surface area contributed by atoms with Crippen LogP contribution < -0.4 is 15.0 Å². The van der Waals surface area contributed by atoms with Crippen molar-refractivity contribution in [3.05, 3.63) is 17.3 Å². The number of amides is 1. The van der Waals surface area contributed by atoms with Crippen LogP contribution in [0.25, 0.3) is 0 Å². The van der Waals surface area contributed by atoms with Crippen molar-refractivity contribution in [2.24, 2.45) is 5.92 Å². The number of nitrogens with one attached hydrogen (secondary N) is 1. The number of nitrogens with zero attached hydrogens (tertiary/aromatic N) is 3. The van der Waals surface area contributed by atoms with Crippen molar-refractivity contribution in [2.75, 3.05) is 44.2 Å². The van der Waals surface area contributed by atoms with Crippen LogP contribution >= 0.6 is 0 Å². The Kier molecular flexibility index (Phi) is 6.04. The van der Waals surface area contributed by atoms with Crippen LogP contribution in [-0.4, -0.2) is 61.2 Å². The van der Waals surface area contributed by atoms with E-state index >= 15 is 0 Å². The average Bonchev–Trinajstić information content (AvgIpc) is 3.15. The van der Waals surface area contributed by atoms with E-state index in [2.05, 4.69) is 28.1 Å². The molecule has 0 radical (unpaired) electrons. The third-order valence-corrected chi connectivity index (χ3v) is 6.58. The third-order valence-electron chi connectivity index (χ3n) is 6.58. The zero-order valence-corrected chi connectivity index (χ0v) is 17.4. The van der Waals surface area contributed by atoms with Gasteiger partial charge in [-0.15, -0.1) is 0 Å². The van der Waals surface area contributed by atoms with Gasteiger partial charge in [-0.25, -0.2) is 4.98 Å². The summed E-state index contributed by atoms with van der Waals surface area (Å²) in [6.45, 7) is 10.0. The minimum absolute atomic E-state index is 0.113. The molecular weight excluding hydrogens is 352 g/mol. The highest BCUT2D eigenvalue weighted by atomic mass is 16.5. The first-order valence-corrected chi connectivity index (χ1v) is 11.0. The fraction of sp³-hybridized carbons (Fsp3) is 0.727. The summed E-state index contributed by atoms with van der Waals surface area (Å²) in [6, 6.07) is 2.48. The molecule has 0 aromatic carbocycles. The number of rotatable bonds is 5. The molecule has 1 aliphatic carbocycles. The van der Waals surface area contributed by atoms with Gasteiger partial charge >= 0.3 is 0 Å². The number of piperazine rings is 1. The number of carbonyl (C=O) groups excluding carboxylic acids is 1. The number of carbonyl (C=O) groups is 1. The van der Waals surface area contributed by atoms with Crippen molar-refractivity contribution < 1.29 is 9.53 Å². The quantitative estimate of drug-likeness (QED) is 0.843. The summed E-state index contributed by atoms with van der Waals surface area (Å²) < 4.78 is 5.77. The molecule has 28 heavy (non-hydrogen) atoms. The van der Waals surface area contributed by atoms with E-state index in [1.54, 1.807) is 6.92 Å². The Bertz CT molecular complexity index is 692. The highest BCUT2D eigenvalue weighted by Crippen LogP contribution is 2.34. The number of fused-ring (bicyclic) bond motifs is 1. The van der Waals surface area contributed by atoms with E-state index < -0.39 is 0 Å². The molecule has 1 amide bonds. The van der Waals surface area contributed by atoms with Gasteiger partial charge in [0.15, 0.2) is 0 Å². The van der Waals surface area contributed by atoms with Crippen LogP contribution in [0, 0.1) is 12.8 Å². The Morgan fingerprint density at radius 3 is 2.68 bits per heavy atom. The molecule has 0 atom stereocenters. The predicted molar refractivity (Wildman–Crippen MR) is 111 cm³/mol. The molecule has 1 aromatic heterocycles. The van der Waals surface area contributed by atoms with Gasteiger partial charge < -0.3 is 15.0 Å². The summed E-state index contributed by atoms with van der Waals surface area (Å²) in [4.78, 5) is 21.1. The lowest BCUT2D eigenvalue weighted by Crippen LogP contribution is -2.47. The molecule has 4 rings (SSSR count). The van der Waals surface area contributed by atoms with Crippen molar-refractivity contribution >= 4 is 11.7 Å². The van der Waals surface area contributed by atoms with Gasteiger partial charge in [-0.3, -0.25) is 9.69 Å². The van der Waals surface area contributed by atoms with Crippen molar-refractivity contribution in [3.8, 4) is 5.75 Å². The van der Waals surface area contributed by atoms with Gasteiger partial charge in [-0.1, -0.05) is 0 Å². The summed E-state index contributed by atoms with van der Waals surface area (Å²) in [5, 5.41) is 3.08. The molecule has 3 heterocycles. The zero-order valence-electron chi connectivity index (χ0n) is 17.4. The van der Waals surface area contributed by atoms with Crippen molar-refractivity contribution in [1.82, 2.24) is 15.2 Å². The first-order valence-electron chi connectivity index (χ1n) is 11.0. The lowest BCUT2D eigenvalue weighted by Gasteiger charge is -2.37. The van der Waals surface area contributed by atoms with Gasteiger partial charge in [0.2, 0.25) is 5.91 Å². The van der Waals surface area contributed by atoms with E-state index in [0.29, 0.717) is 6.04 Å². The highest BCUT2D eigenvalue weighted by Gasteiger charge is 2.26. The topological polar surface area (TPSA) is 57.7 Å². The second-order valence-electron chi connectivity index (χ2n) is 8.70. The highest BCUT2D eigenvalue weighted by molar-refractivity contribution is 5.73. The number of hydrogen-bond donors (Lipinski definition) is 1. The van der Waals surface area contributed by atoms with E-state index in [1.807, 2.05) is 0 Å². The first-order chi connectivity index (χ1) is 13.6. The van der Waals surface area contributed by atoms with Crippen LogP contribution in [0.5, 0.6) is 5.75 Å². The second kappa shape index (κ2) is 8.68. The van der Waals surface area contributed by atoms with Gasteiger partial charge in [-0.05, 0) is 51.5 Å². The second-order valence-corrected chi connectivity index (χ2v) is 8.70. The Labute approximate surface area is 168 Å². The van der Waals surface area contributed by atoms with Gasteiger partial charge in [0.25, 0.3) is 0 Å². The fourth-order valence-electron chi connectivity index (χ4n) is 4.97. The van der Waals surface area contributed by atoms with E-state index in [1.165, 1.54) is 31.4 Å². The molecule has 0 spiro atoms. The van der Waals surface area contributed by atoms with E-state index in [-0.39, 0.29) is 5.91 Å². The number of ether oxygens (including phenoxy) is 1. The maximum absolute atomic E-state index is 11.2. The molecule has 1 saturated heterocycles. The third kappa shape index (κ3) is 4.59. The Hall–Kier alpha value is -1.82. The molecule has 2 aliphatic heterocycles. The van der Waals surface area contributed by atoms with Crippen molar-refractivity contribution in [1.29, 1.82) is 0 Å². The van der Waals surface area contributed by atoms with E-state index in [4.69, 9.17) is 9.72 Å². The number of anilines is 1. The molecule has 3 aliphatic rings. The summed E-state index contributed by atoms with van der Waals surface area (Å²) in [6.07, 6.45) is 7.07. The first kappa shape index (κ1) is 19.5. The maximum Gasteiger partial charge on any atom is 0.217 e. The number of hydrogen-bond acceptors (Lipinski definition) is 5. The summed E-state index contributed by atoms with van der Waals surface area (Å²) in [5.74, 6) is 3.13. The molecule has 6 heteroatoms. The summed E-state index contributed by atoms with van der Waals surface area (Å²) in [7, 11) is 0. The van der Waals surface area contributed by atoms with Gasteiger partial charge in [0, 0.05) is 62.9 Å². The number of aromatic nitrogens is 1. The van der Waals surface area contributed by atoms with Gasteiger partial charge in [0.05, 0.1) is 6.61 Å². The van der Waals surface area contributed by atoms with Gasteiger partial charge in [0.1, 0.15) is 11.6 Å². The summed E-state index contributed by atoms with van der Waals surface area (Å²) >= 11 is 0. The van der Waals surface area contributed by atoms with Crippen LogP contribution in [0.1, 0.15) is 50.3 Å². The molecule has 2 fully saturated rings.